The minimum absolute atomic E-state index is 0.615. The standard InChI is InChI=1S/C23H31N5O2/c1-18-24-8-12-27(18)16-21-14-20(4-5-22(21)30-3)15-26-10-6-23(29,7-11-26)17-28-13-9-25-19(28)2/h4-5,8-9,12-14,29H,6-7,10-11,15-17H2,1-3H3. The summed E-state index contributed by atoms with van der Waals surface area (Å²) >= 11 is 0. The van der Waals surface area contributed by atoms with Crippen LogP contribution in [-0.2, 0) is 19.6 Å². The monoisotopic (exact) mass is 409 g/mol. The molecule has 1 fully saturated rings. The van der Waals surface area contributed by atoms with E-state index in [4.69, 9.17) is 4.74 Å². The van der Waals surface area contributed by atoms with Crippen molar-refractivity contribution in [3.05, 3.63) is 65.8 Å². The molecule has 0 bridgehead atoms. The van der Waals surface area contributed by atoms with Crippen molar-refractivity contribution in [2.45, 2.75) is 51.9 Å². The fraction of sp³-hybridized carbons (Fsp3) is 0.478. The zero-order valence-electron chi connectivity index (χ0n) is 18.1. The Morgan fingerprint density at radius 2 is 1.67 bits per heavy atom. The van der Waals surface area contributed by atoms with Crippen molar-refractivity contribution < 1.29 is 9.84 Å². The molecule has 1 aromatic carbocycles. The number of ether oxygens (including phenoxy) is 1. The van der Waals surface area contributed by atoms with Crippen molar-refractivity contribution in [1.29, 1.82) is 0 Å². The first-order valence-corrected chi connectivity index (χ1v) is 10.5. The number of hydrogen-bond donors (Lipinski definition) is 1. The van der Waals surface area contributed by atoms with E-state index in [1.807, 2.05) is 37.0 Å². The number of likely N-dealkylation sites (tertiary alicyclic amines) is 1. The van der Waals surface area contributed by atoms with Crippen molar-refractivity contribution in [2.75, 3.05) is 20.2 Å². The number of rotatable bonds is 7. The highest BCUT2D eigenvalue weighted by atomic mass is 16.5. The van der Waals surface area contributed by atoms with E-state index in [0.29, 0.717) is 6.54 Å². The van der Waals surface area contributed by atoms with E-state index in [1.165, 1.54) is 5.56 Å². The van der Waals surface area contributed by atoms with Gasteiger partial charge < -0.3 is 19.0 Å². The van der Waals surface area contributed by atoms with Gasteiger partial charge in [-0.25, -0.2) is 9.97 Å². The molecule has 3 aromatic rings. The van der Waals surface area contributed by atoms with Crippen LogP contribution in [-0.4, -0.2) is 54.9 Å². The SMILES string of the molecule is COc1ccc(CN2CCC(O)(Cn3ccnc3C)CC2)cc1Cn1ccnc1C. The number of hydrogen-bond acceptors (Lipinski definition) is 5. The number of aliphatic hydroxyl groups is 1. The van der Waals surface area contributed by atoms with Crippen LogP contribution < -0.4 is 4.74 Å². The largest absolute Gasteiger partial charge is 0.496 e. The fourth-order valence-electron chi connectivity index (χ4n) is 4.24. The maximum absolute atomic E-state index is 11.0. The molecule has 2 aromatic heterocycles. The quantitative estimate of drug-likeness (QED) is 0.650. The van der Waals surface area contributed by atoms with Crippen molar-refractivity contribution in [3.8, 4) is 5.75 Å². The molecular weight excluding hydrogens is 378 g/mol. The third kappa shape index (κ3) is 4.57. The van der Waals surface area contributed by atoms with Crippen LogP contribution in [0.15, 0.2) is 43.0 Å². The maximum atomic E-state index is 11.0. The summed E-state index contributed by atoms with van der Waals surface area (Å²) in [5, 5.41) is 11.0. The Bertz CT molecular complexity index is 985. The smallest absolute Gasteiger partial charge is 0.123 e. The molecule has 1 saturated heterocycles. The van der Waals surface area contributed by atoms with Crippen molar-refractivity contribution in [1.82, 2.24) is 24.0 Å². The van der Waals surface area contributed by atoms with Crippen LogP contribution in [0.25, 0.3) is 0 Å². The first kappa shape index (κ1) is 20.6. The molecule has 0 amide bonds. The molecule has 0 radical (unpaired) electrons. The van der Waals surface area contributed by atoms with Crippen LogP contribution >= 0.6 is 0 Å². The normalized spacial score (nSPS) is 16.7. The third-order valence-electron chi connectivity index (χ3n) is 6.19. The second-order valence-corrected chi connectivity index (χ2v) is 8.35. The van der Waals surface area contributed by atoms with Gasteiger partial charge in [0, 0.05) is 50.0 Å². The molecule has 0 aliphatic carbocycles. The molecule has 30 heavy (non-hydrogen) atoms. The predicted octanol–water partition coefficient (Wildman–Crippen LogP) is 2.78. The molecule has 0 atom stereocenters. The summed E-state index contributed by atoms with van der Waals surface area (Å²) in [6, 6.07) is 6.42. The van der Waals surface area contributed by atoms with Gasteiger partial charge in [0.1, 0.15) is 17.4 Å². The summed E-state index contributed by atoms with van der Waals surface area (Å²) in [5.74, 6) is 2.84. The summed E-state index contributed by atoms with van der Waals surface area (Å²) in [5.41, 5.74) is 1.76. The highest BCUT2D eigenvalue weighted by Crippen LogP contribution is 2.27. The van der Waals surface area contributed by atoms with E-state index < -0.39 is 5.60 Å². The van der Waals surface area contributed by atoms with Crippen molar-refractivity contribution in [2.24, 2.45) is 0 Å². The van der Waals surface area contributed by atoms with Gasteiger partial charge in [0.25, 0.3) is 0 Å². The van der Waals surface area contributed by atoms with E-state index in [2.05, 4.69) is 37.6 Å². The van der Waals surface area contributed by atoms with E-state index >= 15 is 0 Å². The number of nitrogens with zero attached hydrogens (tertiary/aromatic N) is 5. The minimum Gasteiger partial charge on any atom is -0.496 e. The molecule has 0 saturated carbocycles. The minimum atomic E-state index is -0.661. The Kier molecular flexibility index (Phi) is 5.92. The maximum Gasteiger partial charge on any atom is 0.123 e. The molecule has 7 heteroatoms. The summed E-state index contributed by atoms with van der Waals surface area (Å²) in [6.45, 7) is 7.98. The second-order valence-electron chi connectivity index (χ2n) is 8.35. The van der Waals surface area contributed by atoms with Crippen LogP contribution in [0.5, 0.6) is 5.75 Å². The fourth-order valence-corrected chi connectivity index (χ4v) is 4.24. The number of benzene rings is 1. The van der Waals surface area contributed by atoms with Gasteiger partial charge in [-0.15, -0.1) is 0 Å². The summed E-state index contributed by atoms with van der Waals surface area (Å²) in [7, 11) is 1.72. The number of aryl methyl sites for hydroxylation is 2. The van der Waals surface area contributed by atoms with Crippen LogP contribution in [0, 0.1) is 13.8 Å². The van der Waals surface area contributed by atoms with Crippen LogP contribution in [0.3, 0.4) is 0 Å². The Morgan fingerprint density at radius 3 is 2.27 bits per heavy atom. The molecule has 160 valence electrons. The third-order valence-corrected chi connectivity index (χ3v) is 6.19. The lowest BCUT2D eigenvalue weighted by Crippen LogP contribution is -2.46. The number of aromatic nitrogens is 4. The first-order chi connectivity index (χ1) is 14.5. The van der Waals surface area contributed by atoms with Gasteiger partial charge in [-0.1, -0.05) is 6.07 Å². The van der Waals surface area contributed by atoms with Gasteiger partial charge in [0.2, 0.25) is 0 Å². The summed E-state index contributed by atoms with van der Waals surface area (Å²) < 4.78 is 9.75. The number of methoxy groups -OCH3 is 1. The number of piperidine rings is 1. The van der Waals surface area contributed by atoms with Gasteiger partial charge >= 0.3 is 0 Å². The lowest BCUT2D eigenvalue weighted by molar-refractivity contribution is -0.0361. The molecule has 0 spiro atoms. The van der Waals surface area contributed by atoms with Crippen molar-refractivity contribution >= 4 is 0 Å². The zero-order valence-corrected chi connectivity index (χ0v) is 18.1. The first-order valence-electron chi connectivity index (χ1n) is 10.5. The molecule has 4 rings (SSSR count). The highest BCUT2D eigenvalue weighted by molar-refractivity contribution is 5.37. The Morgan fingerprint density at radius 1 is 1.00 bits per heavy atom. The van der Waals surface area contributed by atoms with E-state index in [-0.39, 0.29) is 0 Å². The van der Waals surface area contributed by atoms with Gasteiger partial charge in [0.05, 0.1) is 25.8 Å². The van der Waals surface area contributed by atoms with Gasteiger partial charge in [-0.05, 0) is 44.4 Å². The molecule has 1 N–H and O–H groups in total. The van der Waals surface area contributed by atoms with E-state index in [0.717, 1.165) is 62.0 Å². The Labute approximate surface area is 177 Å². The second kappa shape index (κ2) is 8.62. The summed E-state index contributed by atoms with van der Waals surface area (Å²) in [4.78, 5) is 11.0. The molecule has 1 aliphatic heterocycles. The predicted molar refractivity (Wildman–Crippen MR) is 115 cm³/mol. The van der Waals surface area contributed by atoms with Gasteiger partial charge in [-0.2, -0.15) is 0 Å². The molecule has 7 nitrogen and oxygen atoms in total. The molecule has 0 unspecified atom stereocenters. The van der Waals surface area contributed by atoms with E-state index in [9.17, 15) is 5.11 Å². The van der Waals surface area contributed by atoms with Crippen LogP contribution in [0.2, 0.25) is 0 Å². The molecular formula is C23H31N5O2. The topological polar surface area (TPSA) is 68.3 Å². The average molecular weight is 410 g/mol. The van der Waals surface area contributed by atoms with Crippen LogP contribution in [0.4, 0.5) is 0 Å². The molecule has 1 aliphatic rings. The van der Waals surface area contributed by atoms with Gasteiger partial charge in [-0.3, -0.25) is 4.90 Å². The highest BCUT2D eigenvalue weighted by Gasteiger charge is 2.33. The Hall–Kier alpha value is -2.64. The van der Waals surface area contributed by atoms with Crippen molar-refractivity contribution in [3.63, 3.8) is 0 Å². The average Bonchev–Trinajstić information content (AvgIpc) is 3.32. The summed E-state index contributed by atoms with van der Waals surface area (Å²) in [6.07, 6.45) is 9.09. The van der Waals surface area contributed by atoms with E-state index in [1.54, 1.807) is 13.3 Å². The van der Waals surface area contributed by atoms with Crippen LogP contribution in [0.1, 0.15) is 35.6 Å². The molecule has 3 heterocycles. The lowest BCUT2D eigenvalue weighted by Gasteiger charge is -2.38. The lowest BCUT2D eigenvalue weighted by atomic mass is 9.91. The van der Waals surface area contributed by atoms with Gasteiger partial charge in [0.15, 0.2) is 0 Å². The number of imidazole rings is 2. The Balaban J connectivity index is 1.39. The zero-order chi connectivity index (χ0) is 21.1.